The van der Waals surface area contributed by atoms with Gasteiger partial charge < -0.3 is 4.74 Å². The molecule has 0 saturated carbocycles. The molecule has 2 heterocycles. The number of carbonyl (C=O) groups is 1. The Labute approximate surface area is 121 Å². The first-order valence-corrected chi connectivity index (χ1v) is 6.62. The highest BCUT2D eigenvalue weighted by Gasteiger charge is 2.15. The number of fused-ring (bicyclic) bond motifs is 1. The Morgan fingerprint density at radius 3 is 2.81 bits per heavy atom. The van der Waals surface area contributed by atoms with E-state index in [4.69, 9.17) is 4.74 Å². The van der Waals surface area contributed by atoms with Gasteiger partial charge in [-0.05, 0) is 31.2 Å². The van der Waals surface area contributed by atoms with Crippen LogP contribution in [0.25, 0.3) is 16.9 Å². The molecule has 0 radical (unpaired) electrons. The van der Waals surface area contributed by atoms with Crippen LogP contribution in [-0.2, 0) is 4.74 Å². The fourth-order valence-electron chi connectivity index (χ4n) is 2.08. The topological polar surface area (TPSA) is 69.0 Å². The number of nitrogens with zero attached hydrogens (tertiary/aromatic N) is 3. The highest BCUT2D eigenvalue weighted by atomic mass is 16.5. The van der Waals surface area contributed by atoms with Gasteiger partial charge in [0.05, 0.1) is 12.3 Å². The van der Waals surface area contributed by atoms with Crippen LogP contribution in [0, 0.1) is 0 Å². The van der Waals surface area contributed by atoms with Crippen LogP contribution in [-0.4, -0.2) is 27.2 Å². The van der Waals surface area contributed by atoms with Crippen molar-refractivity contribution in [1.82, 2.24) is 14.5 Å². The molecule has 0 aliphatic rings. The molecule has 0 atom stereocenters. The fraction of sp³-hybridized carbons (Fsp3) is 0.133. The maximum Gasteiger partial charge on any atom is 0.413 e. The van der Waals surface area contributed by atoms with Crippen LogP contribution in [0.3, 0.4) is 0 Å². The van der Waals surface area contributed by atoms with Gasteiger partial charge >= 0.3 is 6.09 Å². The number of aromatic nitrogens is 3. The van der Waals surface area contributed by atoms with Gasteiger partial charge in [0.2, 0.25) is 5.95 Å². The summed E-state index contributed by atoms with van der Waals surface area (Å²) < 4.78 is 6.69. The Kier molecular flexibility index (Phi) is 3.51. The van der Waals surface area contributed by atoms with Crippen molar-refractivity contribution in [3.63, 3.8) is 0 Å². The number of benzene rings is 1. The van der Waals surface area contributed by atoms with Crippen LogP contribution in [0.15, 0.2) is 48.7 Å². The van der Waals surface area contributed by atoms with Gasteiger partial charge in [0.25, 0.3) is 0 Å². The number of anilines is 1. The summed E-state index contributed by atoms with van der Waals surface area (Å²) in [6.07, 6.45) is 1.16. The van der Waals surface area contributed by atoms with Crippen molar-refractivity contribution in [3.8, 4) is 5.69 Å². The summed E-state index contributed by atoms with van der Waals surface area (Å²) in [4.78, 5) is 20.4. The summed E-state index contributed by atoms with van der Waals surface area (Å²) in [5.41, 5.74) is 2.24. The molecule has 1 N–H and O–H groups in total. The van der Waals surface area contributed by atoms with E-state index in [-0.39, 0.29) is 0 Å². The minimum absolute atomic E-state index is 0.301. The Morgan fingerprint density at radius 2 is 2.05 bits per heavy atom. The molecule has 1 aromatic carbocycles. The van der Waals surface area contributed by atoms with Gasteiger partial charge in [-0.25, -0.2) is 14.8 Å². The van der Waals surface area contributed by atoms with Crippen molar-refractivity contribution >= 4 is 23.2 Å². The predicted octanol–water partition coefficient (Wildman–Crippen LogP) is 2.99. The van der Waals surface area contributed by atoms with Gasteiger partial charge in [-0.1, -0.05) is 18.2 Å². The second-order valence-corrected chi connectivity index (χ2v) is 4.30. The van der Waals surface area contributed by atoms with Crippen LogP contribution in [0.2, 0.25) is 0 Å². The lowest BCUT2D eigenvalue weighted by Gasteiger charge is -2.09. The second-order valence-electron chi connectivity index (χ2n) is 4.30. The summed E-state index contributed by atoms with van der Waals surface area (Å²) in [5.74, 6) is 0.383. The van der Waals surface area contributed by atoms with E-state index in [9.17, 15) is 4.79 Å². The molecule has 3 aromatic rings. The first-order valence-electron chi connectivity index (χ1n) is 6.62. The summed E-state index contributed by atoms with van der Waals surface area (Å²) in [6.45, 7) is 2.05. The number of hydrogen-bond acceptors (Lipinski definition) is 4. The van der Waals surface area contributed by atoms with Crippen LogP contribution < -0.4 is 5.32 Å². The second kappa shape index (κ2) is 5.62. The number of pyridine rings is 1. The number of imidazole rings is 1. The molecule has 0 fully saturated rings. The van der Waals surface area contributed by atoms with Crippen LogP contribution in [0.5, 0.6) is 0 Å². The molecule has 21 heavy (non-hydrogen) atoms. The number of rotatable bonds is 3. The van der Waals surface area contributed by atoms with E-state index in [0.29, 0.717) is 23.7 Å². The molecular formula is C15H14N4O2. The van der Waals surface area contributed by atoms with Gasteiger partial charge in [0.15, 0.2) is 5.65 Å². The normalized spacial score (nSPS) is 10.5. The molecule has 0 aliphatic heterocycles. The number of hydrogen-bond donors (Lipinski definition) is 1. The third kappa shape index (κ3) is 2.55. The number of amides is 1. The monoisotopic (exact) mass is 282 g/mol. The maximum atomic E-state index is 11.7. The first kappa shape index (κ1) is 13.1. The van der Waals surface area contributed by atoms with E-state index in [1.807, 2.05) is 36.4 Å². The lowest BCUT2D eigenvalue weighted by Crippen LogP contribution is -2.16. The first-order chi connectivity index (χ1) is 10.3. The van der Waals surface area contributed by atoms with Crippen molar-refractivity contribution in [1.29, 1.82) is 0 Å². The van der Waals surface area contributed by atoms with Gasteiger partial charge in [-0.2, -0.15) is 0 Å². The molecule has 0 unspecified atom stereocenters. The number of nitrogens with one attached hydrogen (secondary N) is 1. The van der Waals surface area contributed by atoms with E-state index in [1.165, 1.54) is 0 Å². The molecule has 0 spiro atoms. The SMILES string of the molecule is CCOC(=O)Nc1nc2cccnc2n1-c1ccccc1. The lowest BCUT2D eigenvalue weighted by molar-refractivity contribution is 0.167. The van der Waals surface area contributed by atoms with Crippen LogP contribution in [0.1, 0.15) is 6.92 Å². The van der Waals surface area contributed by atoms with Crippen molar-refractivity contribution < 1.29 is 9.53 Å². The number of para-hydroxylation sites is 1. The highest BCUT2D eigenvalue weighted by molar-refractivity contribution is 5.87. The lowest BCUT2D eigenvalue weighted by atomic mass is 10.3. The highest BCUT2D eigenvalue weighted by Crippen LogP contribution is 2.22. The van der Waals surface area contributed by atoms with Gasteiger partial charge in [-0.3, -0.25) is 9.88 Å². The molecule has 106 valence electrons. The quantitative estimate of drug-likeness (QED) is 0.801. The van der Waals surface area contributed by atoms with Crippen molar-refractivity contribution in [2.24, 2.45) is 0 Å². The molecule has 0 saturated heterocycles. The standard InChI is InChI=1S/C15H14N4O2/c1-2-21-15(20)18-14-17-12-9-6-10-16-13(12)19(14)11-7-4-3-5-8-11/h3-10H,2H2,1H3,(H,17,18,20). The molecule has 6 nitrogen and oxygen atoms in total. The van der Waals surface area contributed by atoms with Gasteiger partial charge in [-0.15, -0.1) is 0 Å². The molecule has 0 bridgehead atoms. The Balaban J connectivity index is 2.13. The van der Waals surface area contributed by atoms with Crippen molar-refractivity contribution in [3.05, 3.63) is 48.7 Å². The van der Waals surface area contributed by atoms with Gasteiger partial charge in [0, 0.05) is 6.20 Å². The van der Waals surface area contributed by atoms with E-state index in [0.717, 1.165) is 5.69 Å². The minimum atomic E-state index is -0.537. The molecule has 3 rings (SSSR count). The van der Waals surface area contributed by atoms with Crippen molar-refractivity contribution in [2.75, 3.05) is 11.9 Å². The van der Waals surface area contributed by atoms with Crippen molar-refractivity contribution in [2.45, 2.75) is 6.92 Å². The third-order valence-corrected chi connectivity index (χ3v) is 2.92. The molecule has 2 aromatic heterocycles. The average Bonchev–Trinajstić information content (AvgIpc) is 2.86. The zero-order valence-electron chi connectivity index (χ0n) is 11.5. The smallest absolute Gasteiger partial charge is 0.413 e. The predicted molar refractivity (Wildman–Crippen MR) is 79.5 cm³/mol. The molecular weight excluding hydrogens is 268 g/mol. The number of carbonyl (C=O) groups excluding carboxylic acids is 1. The third-order valence-electron chi connectivity index (χ3n) is 2.92. The Bertz CT molecular complexity index is 768. The molecule has 0 aliphatic carbocycles. The van der Waals surface area contributed by atoms with E-state index in [1.54, 1.807) is 23.8 Å². The van der Waals surface area contributed by atoms with E-state index >= 15 is 0 Å². The van der Waals surface area contributed by atoms with Gasteiger partial charge in [0.1, 0.15) is 5.52 Å². The molecule has 6 heteroatoms. The van der Waals surface area contributed by atoms with E-state index < -0.39 is 6.09 Å². The summed E-state index contributed by atoms with van der Waals surface area (Å²) in [5, 5.41) is 2.65. The largest absolute Gasteiger partial charge is 0.450 e. The summed E-state index contributed by atoms with van der Waals surface area (Å²) in [6, 6.07) is 13.3. The van der Waals surface area contributed by atoms with E-state index in [2.05, 4.69) is 15.3 Å². The van der Waals surface area contributed by atoms with Crippen LogP contribution in [0.4, 0.5) is 10.7 Å². The average molecular weight is 282 g/mol. The van der Waals surface area contributed by atoms with Crippen LogP contribution >= 0.6 is 0 Å². The fourth-order valence-corrected chi connectivity index (χ4v) is 2.08. The minimum Gasteiger partial charge on any atom is -0.450 e. The Morgan fingerprint density at radius 1 is 1.24 bits per heavy atom. The zero-order valence-corrected chi connectivity index (χ0v) is 11.5. The Hall–Kier alpha value is -2.89. The summed E-state index contributed by atoms with van der Waals surface area (Å²) in [7, 11) is 0. The molecule has 1 amide bonds. The zero-order chi connectivity index (χ0) is 14.7. The summed E-state index contributed by atoms with van der Waals surface area (Å²) >= 11 is 0. The maximum absolute atomic E-state index is 11.7. The number of ether oxygens (including phenoxy) is 1.